The van der Waals surface area contributed by atoms with Crippen LogP contribution < -0.4 is 0 Å². The third kappa shape index (κ3) is 6.19. The van der Waals surface area contributed by atoms with Crippen molar-refractivity contribution >= 4 is 0 Å². The van der Waals surface area contributed by atoms with Gasteiger partial charge in [-0.1, -0.05) is 42.0 Å². The molecule has 1 atom stereocenters. The first-order valence-corrected chi connectivity index (χ1v) is 6.47. The monoisotopic (exact) mass is 258 g/mol. The smallest absolute Gasteiger partial charge is 0.101 e. The van der Waals surface area contributed by atoms with Gasteiger partial charge in [0.1, 0.15) is 6.04 Å². The SMILES string of the molecule is C/C(=C/COCc1ccccc1)CC(C#N)N(C)C. The lowest BCUT2D eigenvalue weighted by molar-refractivity contribution is 0.148. The summed E-state index contributed by atoms with van der Waals surface area (Å²) in [6.07, 6.45) is 2.81. The first-order valence-electron chi connectivity index (χ1n) is 6.47. The molecule has 0 bridgehead atoms. The van der Waals surface area contributed by atoms with E-state index in [2.05, 4.69) is 12.1 Å². The molecule has 1 rings (SSSR count). The molecule has 3 heteroatoms. The topological polar surface area (TPSA) is 36.3 Å². The van der Waals surface area contributed by atoms with Crippen molar-refractivity contribution in [3.63, 3.8) is 0 Å². The second-order valence-corrected chi connectivity index (χ2v) is 4.86. The van der Waals surface area contributed by atoms with Crippen LogP contribution in [0.3, 0.4) is 0 Å². The van der Waals surface area contributed by atoms with Crippen LogP contribution in [0.4, 0.5) is 0 Å². The lowest BCUT2D eigenvalue weighted by atomic mass is 10.1. The van der Waals surface area contributed by atoms with Crippen LogP contribution in [0.2, 0.25) is 0 Å². The van der Waals surface area contributed by atoms with Gasteiger partial charge in [0.2, 0.25) is 0 Å². The van der Waals surface area contributed by atoms with Crippen molar-refractivity contribution in [2.24, 2.45) is 0 Å². The molecule has 0 spiro atoms. The fourth-order valence-corrected chi connectivity index (χ4v) is 1.68. The van der Waals surface area contributed by atoms with Gasteiger partial charge in [0, 0.05) is 0 Å². The first kappa shape index (κ1) is 15.4. The Kier molecular flexibility index (Phi) is 6.88. The van der Waals surface area contributed by atoms with Crippen LogP contribution in [0, 0.1) is 11.3 Å². The second kappa shape index (κ2) is 8.47. The van der Waals surface area contributed by atoms with Gasteiger partial charge in [0.25, 0.3) is 0 Å². The van der Waals surface area contributed by atoms with E-state index in [0.29, 0.717) is 13.2 Å². The molecule has 0 heterocycles. The zero-order chi connectivity index (χ0) is 14.1. The van der Waals surface area contributed by atoms with Gasteiger partial charge in [-0.2, -0.15) is 5.26 Å². The fourth-order valence-electron chi connectivity index (χ4n) is 1.68. The highest BCUT2D eigenvalue weighted by Gasteiger charge is 2.09. The van der Waals surface area contributed by atoms with Crippen LogP contribution in [0.15, 0.2) is 42.0 Å². The molecule has 0 amide bonds. The van der Waals surface area contributed by atoms with E-state index in [4.69, 9.17) is 10.00 Å². The number of hydrogen-bond acceptors (Lipinski definition) is 3. The quantitative estimate of drug-likeness (QED) is 0.557. The minimum atomic E-state index is -0.0645. The minimum absolute atomic E-state index is 0.0645. The molecule has 102 valence electrons. The van der Waals surface area contributed by atoms with E-state index in [9.17, 15) is 0 Å². The van der Waals surface area contributed by atoms with E-state index in [1.807, 2.05) is 56.3 Å². The standard InChI is InChI=1S/C16H22N2O/c1-14(11-16(12-17)18(2)3)9-10-19-13-15-7-5-4-6-8-15/h4-9,16H,10-11,13H2,1-3H3/b14-9-. The molecule has 1 unspecified atom stereocenters. The molecule has 0 aliphatic heterocycles. The zero-order valence-electron chi connectivity index (χ0n) is 12.0. The summed E-state index contributed by atoms with van der Waals surface area (Å²) in [7, 11) is 3.85. The molecule has 0 N–H and O–H groups in total. The number of nitrogens with zero attached hydrogens (tertiary/aromatic N) is 2. The largest absolute Gasteiger partial charge is 0.373 e. The highest BCUT2D eigenvalue weighted by Crippen LogP contribution is 2.08. The fraction of sp³-hybridized carbons (Fsp3) is 0.438. The Morgan fingerprint density at radius 3 is 2.63 bits per heavy atom. The molecule has 19 heavy (non-hydrogen) atoms. The van der Waals surface area contributed by atoms with Crippen molar-refractivity contribution < 1.29 is 4.74 Å². The van der Waals surface area contributed by atoms with Gasteiger partial charge in [-0.15, -0.1) is 0 Å². The van der Waals surface area contributed by atoms with Crippen molar-refractivity contribution in [1.82, 2.24) is 4.90 Å². The molecular formula is C16H22N2O. The normalized spacial score (nSPS) is 13.3. The molecule has 0 aliphatic carbocycles. The number of ether oxygens (including phenoxy) is 1. The average molecular weight is 258 g/mol. The highest BCUT2D eigenvalue weighted by molar-refractivity contribution is 5.13. The molecule has 0 aromatic heterocycles. The van der Waals surface area contributed by atoms with Gasteiger partial charge in [0.15, 0.2) is 0 Å². The molecule has 1 aromatic rings. The Bertz CT molecular complexity index is 432. The Balaban J connectivity index is 2.30. The lowest BCUT2D eigenvalue weighted by Gasteiger charge is -2.17. The Labute approximate surface area is 116 Å². The van der Waals surface area contributed by atoms with Gasteiger partial charge in [-0.05, 0) is 33.0 Å². The van der Waals surface area contributed by atoms with Crippen LogP contribution in [-0.2, 0) is 11.3 Å². The van der Waals surface area contributed by atoms with Gasteiger partial charge in [-0.3, -0.25) is 4.90 Å². The van der Waals surface area contributed by atoms with Crippen LogP contribution in [0.5, 0.6) is 0 Å². The van der Waals surface area contributed by atoms with Crippen molar-refractivity contribution in [3.05, 3.63) is 47.5 Å². The summed E-state index contributed by atoms with van der Waals surface area (Å²) < 4.78 is 5.59. The van der Waals surface area contributed by atoms with Crippen molar-refractivity contribution in [2.75, 3.05) is 20.7 Å². The summed E-state index contributed by atoms with van der Waals surface area (Å²) in [5.41, 5.74) is 2.37. The van der Waals surface area contributed by atoms with E-state index in [-0.39, 0.29) is 6.04 Å². The molecule has 0 fully saturated rings. The molecule has 0 aliphatic rings. The molecular weight excluding hydrogens is 236 g/mol. The number of nitriles is 1. The second-order valence-electron chi connectivity index (χ2n) is 4.86. The first-order chi connectivity index (χ1) is 9.13. The Hall–Kier alpha value is -1.63. The maximum atomic E-state index is 9.02. The lowest BCUT2D eigenvalue weighted by Crippen LogP contribution is -2.26. The van der Waals surface area contributed by atoms with E-state index < -0.39 is 0 Å². The maximum absolute atomic E-state index is 9.02. The van der Waals surface area contributed by atoms with E-state index in [0.717, 1.165) is 6.42 Å². The van der Waals surface area contributed by atoms with Crippen LogP contribution in [-0.4, -0.2) is 31.6 Å². The number of hydrogen-bond donors (Lipinski definition) is 0. The molecule has 1 aromatic carbocycles. The van der Waals surface area contributed by atoms with Gasteiger partial charge in [-0.25, -0.2) is 0 Å². The van der Waals surface area contributed by atoms with Crippen LogP contribution in [0.25, 0.3) is 0 Å². The van der Waals surface area contributed by atoms with Crippen molar-refractivity contribution in [1.29, 1.82) is 5.26 Å². The highest BCUT2D eigenvalue weighted by atomic mass is 16.5. The summed E-state index contributed by atoms with van der Waals surface area (Å²) in [4.78, 5) is 1.93. The molecule has 0 radical (unpaired) electrons. The Morgan fingerprint density at radius 1 is 1.37 bits per heavy atom. The van der Waals surface area contributed by atoms with E-state index >= 15 is 0 Å². The predicted octanol–water partition coefficient (Wildman–Crippen LogP) is 2.99. The summed E-state index contributed by atoms with van der Waals surface area (Å²) in [5, 5.41) is 9.02. The third-order valence-electron chi connectivity index (χ3n) is 2.95. The molecule has 3 nitrogen and oxygen atoms in total. The molecule has 0 saturated heterocycles. The van der Waals surface area contributed by atoms with Crippen molar-refractivity contribution in [2.45, 2.75) is 26.0 Å². The van der Waals surface area contributed by atoms with Gasteiger partial charge < -0.3 is 4.74 Å². The van der Waals surface area contributed by atoms with E-state index in [1.54, 1.807) is 0 Å². The van der Waals surface area contributed by atoms with Crippen LogP contribution in [0.1, 0.15) is 18.9 Å². The predicted molar refractivity (Wildman–Crippen MR) is 77.6 cm³/mol. The van der Waals surface area contributed by atoms with E-state index in [1.165, 1.54) is 11.1 Å². The van der Waals surface area contributed by atoms with Crippen LogP contribution >= 0.6 is 0 Å². The summed E-state index contributed by atoms with van der Waals surface area (Å²) in [6.45, 7) is 3.26. The summed E-state index contributed by atoms with van der Waals surface area (Å²) in [5.74, 6) is 0. The summed E-state index contributed by atoms with van der Waals surface area (Å²) in [6, 6.07) is 12.3. The molecule has 0 saturated carbocycles. The van der Waals surface area contributed by atoms with Gasteiger partial charge in [0.05, 0.1) is 19.3 Å². The average Bonchev–Trinajstić information content (AvgIpc) is 2.42. The summed E-state index contributed by atoms with van der Waals surface area (Å²) >= 11 is 0. The third-order valence-corrected chi connectivity index (χ3v) is 2.95. The number of benzene rings is 1. The number of rotatable bonds is 7. The van der Waals surface area contributed by atoms with Gasteiger partial charge >= 0.3 is 0 Å². The van der Waals surface area contributed by atoms with Crippen molar-refractivity contribution in [3.8, 4) is 6.07 Å². The Morgan fingerprint density at radius 2 is 2.05 bits per heavy atom. The maximum Gasteiger partial charge on any atom is 0.101 e. The zero-order valence-corrected chi connectivity index (χ0v) is 12.0. The minimum Gasteiger partial charge on any atom is -0.373 e.